The number of halogens is 1. The van der Waals surface area contributed by atoms with Gasteiger partial charge in [-0.15, -0.1) is 0 Å². The highest BCUT2D eigenvalue weighted by Gasteiger charge is 2.25. The van der Waals surface area contributed by atoms with Crippen LogP contribution in [0.25, 0.3) is 0 Å². The number of ether oxygens (including phenoxy) is 2. The largest absolute Gasteiger partial charge is 0.486 e. The molecule has 1 aliphatic heterocycles. The van der Waals surface area contributed by atoms with Crippen LogP contribution in [-0.2, 0) is 0 Å². The van der Waals surface area contributed by atoms with Crippen LogP contribution in [0.4, 0.5) is 0 Å². The number of fused-ring (bicyclic) bond motifs is 1. The summed E-state index contributed by atoms with van der Waals surface area (Å²) in [6, 6.07) is 5.33. The van der Waals surface area contributed by atoms with E-state index in [9.17, 15) is 4.79 Å². The van der Waals surface area contributed by atoms with Crippen LogP contribution in [0.5, 0.6) is 11.5 Å². The van der Waals surface area contributed by atoms with Crippen LogP contribution in [0.15, 0.2) is 18.2 Å². The first-order valence-corrected chi connectivity index (χ1v) is 7.97. The molecule has 2 atom stereocenters. The minimum Gasteiger partial charge on any atom is -0.486 e. The van der Waals surface area contributed by atoms with Crippen molar-refractivity contribution in [3.63, 3.8) is 0 Å². The van der Waals surface area contributed by atoms with Gasteiger partial charge < -0.3 is 14.8 Å². The molecule has 2 unspecified atom stereocenters. The van der Waals surface area contributed by atoms with Crippen LogP contribution in [0.1, 0.15) is 29.6 Å². The molecule has 0 spiro atoms. The van der Waals surface area contributed by atoms with E-state index in [4.69, 9.17) is 9.47 Å². The van der Waals surface area contributed by atoms with Crippen LogP contribution < -0.4 is 14.8 Å². The molecule has 0 radical (unpaired) electrons. The number of nitrogens with one attached hydrogen (secondary N) is 1. The minimum atomic E-state index is -0.0476. The lowest BCUT2D eigenvalue weighted by atomic mass is 10.1. The molecule has 3 rings (SSSR count). The molecule has 1 heterocycles. The van der Waals surface area contributed by atoms with Crippen molar-refractivity contribution >= 4 is 21.8 Å². The quantitative estimate of drug-likeness (QED) is 0.861. The number of carbonyl (C=O) groups is 1. The Balaban J connectivity index is 1.62. The van der Waals surface area contributed by atoms with Crippen molar-refractivity contribution in [1.82, 2.24) is 5.32 Å². The fourth-order valence-corrected chi connectivity index (χ4v) is 3.51. The van der Waals surface area contributed by atoms with Crippen LogP contribution in [-0.4, -0.2) is 30.5 Å². The summed E-state index contributed by atoms with van der Waals surface area (Å²) in [5.41, 5.74) is 0.623. The average molecular weight is 340 g/mol. The summed E-state index contributed by atoms with van der Waals surface area (Å²) in [6.45, 7) is 1.82. The summed E-state index contributed by atoms with van der Waals surface area (Å²) < 4.78 is 10.9. The van der Waals surface area contributed by atoms with E-state index in [0.29, 0.717) is 41.0 Å². The minimum absolute atomic E-state index is 0.0476. The topological polar surface area (TPSA) is 47.6 Å². The number of benzene rings is 1. The fourth-order valence-electron chi connectivity index (χ4n) is 2.73. The highest BCUT2D eigenvalue weighted by Crippen LogP contribution is 2.32. The van der Waals surface area contributed by atoms with Crippen molar-refractivity contribution in [2.24, 2.45) is 5.92 Å². The van der Waals surface area contributed by atoms with Gasteiger partial charge in [-0.25, -0.2) is 0 Å². The van der Waals surface area contributed by atoms with E-state index in [2.05, 4.69) is 21.2 Å². The SMILES string of the molecule is O=C(NCC1CCCC1Br)c1ccc2c(c1)OCCO2. The maximum absolute atomic E-state index is 12.2. The maximum atomic E-state index is 12.2. The van der Waals surface area contributed by atoms with Crippen LogP contribution in [0.2, 0.25) is 0 Å². The van der Waals surface area contributed by atoms with Crippen molar-refractivity contribution in [3.8, 4) is 11.5 Å². The molecule has 2 aliphatic rings. The first-order chi connectivity index (χ1) is 9.74. The summed E-state index contributed by atoms with van der Waals surface area (Å²) >= 11 is 3.67. The van der Waals surface area contributed by atoms with E-state index < -0.39 is 0 Å². The van der Waals surface area contributed by atoms with Gasteiger partial charge in [0.1, 0.15) is 13.2 Å². The Morgan fingerprint density at radius 3 is 2.80 bits per heavy atom. The van der Waals surface area contributed by atoms with Gasteiger partial charge in [0, 0.05) is 16.9 Å². The lowest BCUT2D eigenvalue weighted by Gasteiger charge is -2.19. The van der Waals surface area contributed by atoms with Crippen LogP contribution in [0.3, 0.4) is 0 Å². The molecule has 1 fully saturated rings. The fraction of sp³-hybridized carbons (Fsp3) is 0.533. The summed E-state index contributed by atoms with van der Waals surface area (Å²) in [7, 11) is 0. The van der Waals surface area contributed by atoms with Gasteiger partial charge in [-0.2, -0.15) is 0 Å². The van der Waals surface area contributed by atoms with Gasteiger partial charge in [-0.3, -0.25) is 4.79 Å². The lowest BCUT2D eigenvalue weighted by Crippen LogP contribution is -2.31. The predicted octanol–water partition coefficient (Wildman–Crippen LogP) is 2.75. The first-order valence-electron chi connectivity index (χ1n) is 7.06. The molecule has 1 aromatic carbocycles. The summed E-state index contributed by atoms with van der Waals surface area (Å²) in [6.07, 6.45) is 3.61. The molecule has 1 saturated carbocycles. The zero-order valence-electron chi connectivity index (χ0n) is 11.2. The Morgan fingerprint density at radius 2 is 2.05 bits per heavy atom. The zero-order chi connectivity index (χ0) is 13.9. The Labute approximate surface area is 127 Å². The molecular weight excluding hydrogens is 322 g/mol. The van der Waals surface area contributed by atoms with Gasteiger partial charge in [0.05, 0.1) is 0 Å². The molecule has 4 nitrogen and oxygen atoms in total. The Morgan fingerprint density at radius 1 is 1.25 bits per heavy atom. The third kappa shape index (κ3) is 2.92. The van der Waals surface area contributed by atoms with Crippen molar-refractivity contribution in [1.29, 1.82) is 0 Å². The molecule has 1 N–H and O–H groups in total. The van der Waals surface area contributed by atoms with E-state index in [1.54, 1.807) is 18.2 Å². The number of amides is 1. The normalized spacial score (nSPS) is 24.4. The second-order valence-electron chi connectivity index (χ2n) is 5.28. The van der Waals surface area contributed by atoms with Crippen molar-refractivity contribution in [2.45, 2.75) is 24.1 Å². The second kappa shape index (κ2) is 6.04. The molecule has 5 heteroatoms. The summed E-state index contributed by atoms with van der Waals surface area (Å²) in [5, 5.41) is 3.01. The number of carbonyl (C=O) groups excluding carboxylic acids is 1. The molecule has 1 aliphatic carbocycles. The molecule has 1 amide bonds. The molecule has 0 aromatic heterocycles. The molecule has 0 saturated heterocycles. The first kappa shape index (κ1) is 13.7. The summed E-state index contributed by atoms with van der Waals surface area (Å²) in [5.74, 6) is 1.86. The van der Waals surface area contributed by atoms with Crippen molar-refractivity contribution < 1.29 is 14.3 Å². The van der Waals surface area contributed by atoms with Gasteiger partial charge in [-0.1, -0.05) is 22.4 Å². The maximum Gasteiger partial charge on any atom is 0.251 e. The number of hydrogen-bond acceptors (Lipinski definition) is 3. The number of alkyl halides is 1. The Hall–Kier alpha value is -1.23. The molecule has 108 valence electrons. The van der Waals surface area contributed by atoms with Gasteiger partial charge in [-0.05, 0) is 37.0 Å². The monoisotopic (exact) mass is 339 g/mol. The van der Waals surface area contributed by atoms with Crippen molar-refractivity contribution in [2.75, 3.05) is 19.8 Å². The van der Waals surface area contributed by atoms with E-state index in [0.717, 1.165) is 6.54 Å². The van der Waals surface area contributed by atoms with E-state index >= 15 is 0 Å². The zero-order valence-corrected chi connectivity index (χ0v) is 12.8. The standard InChI is InChI=1S/C15H18BrNO3/c16-12-3-1-2-11(12)9-17-15(18)10-4-5-13-14(8-10)20-7-6-19-13/h4-5,8,11-12H,1-3,6-7,9H2,(H,17,18). The van der Waals surface area contributed by atoms with E-state index in [-0.39, 0.29) is 5.91 Å². The average Bonchev–Trinajstić information content (AvgIpc) is 2.89. The third-order valence-corrected chi connectivity index (χ3v) is 5.10. The summed E-state index contributed by atoms with van der Waals surface area (Å²) in [4.78, 5) is 12.7. The van der Waals surface area contributed by atoms with Gasteiger partial charge in [0.15, 0.2) is 11.5 Å². The molecular formula is C15H18BrNO3. The Kier molecular flexibility index (Phi) is 4.15. The van der Waals surface area contributed by atoms with Crippen LogP contribution in [0, 0.1) is 5.92 Å². The highest BCUT2D eigenvalue weighted by atomic mass is 79.9. The molecule has 1 aromatic rings. The van der Waals surface area contributed by atoms with Crippen molar-refractivity contribution in [3.05, 3.63) is 23.8 Å². The van der Waals surface area contributed by atoms with Gasteiger partial charge >= 0.3 is 0 Å². The smallest absolute Gasteiger partial charge is 0.251 e. The molecule has 20 heavy (non-hydrogen) atoms. The second-order valence-corrected chi connectivity index (χ2v) is 6.45. The van der Waals surface area contributed by atoms with Crippen LogP contribution >= 0.6 is 15.9 Å². The van der Waals surface area contributed by atoms with E-state index in [1.807, 2.05) is 0 Å². The number of hydrogen-bond donors (Lipinski definition) is 1. The Bertz CT molecular complexity index is 506. The predicted molar refractivity (Wildman–Crippen MR) is 79.8 cm³/mol. The van der Waals surface area contributed by atoms with E-state index in [1.165, 1.54) is 19.3 Å². The highest BCUT2D eigenvalue weighted by molar-refractivity contribution is 9.09. The lowest BCUT2D eigenvalue weighted by molar-refractivity contribution is 0.0946. The van der Waals surface area contributed by atoms with Gasteiger partial charge in [0.25, 0.3) is 5.91 Å². The third-order valence-electron chi connectivity index (χ3n) is 3.90. The molecule has 0 bridgehead atoms. The van der Waals surface area contributed by atoms with Gasteiger partial charge in [0.2, 0.25) is 0 Å². The number of rotatable bonds is 3.